The van der Waals surface area contributed by atoms with Crippen molar-refractivity contribution in [1.82, 2.24) is 10.3 Å². The standard InChI is InChI=1S/C25H18ClN3O2S/c26-18-12-10-16(11-13-18)14-23-25(27-24(30)32-23)29-21(19-8-4-5-9-22(19)31-25)15-20(28-29)17-6-2-1-3-7-17/h1-14,21H,15H2,(H,27,30)/b23-14+. The molecular weight excluding hydrogens is 442 g/mol. The zero-order valence-electron chi connectivity index (χ0n) is 16.9. The van der Waals surface area contributed by atoms with Gasteiger partial charge < -0.3 is 4.74 Å². The molecule has 1 N–H and O–H groups in total. The van der Waals surface area contributed by atoms with E-state index < -0.39 is 5.85 Å². The van der Waals surface area contributed by atoms with Crippen LogP contribution in [0.3, 0.4) is 0 Å². The van der Waals surface area contributed by atoms with E-state index in [2.05, 4.69) is 23.5 Å². The molecule has 6 rings (SSSR count). The van der Waals surface area contributed by atoms with E-state index in [0.717, 1.165) is 51.2 Å². The Labute approximate surface area is 194 Å². The molecule has 5 nitrogen and oxygen atoms in total. The van der Waals surface area contributed by atoms with Crippen LogP contribution >= 0.6 is 23.4 Å². The normalized spacial score (nSPS) is 24.7. The van der Waals surface area contributed by atoms with Crippen LogP contribution < -0.4 is 10.1 Å². The van der Waals surface area contributed by atoms with E-state index in [1.165, 1.54) is 0 Å². The number of amides is 1. The van der Waals surface area contributed by atoms with Crippen molar-refractivity contribution in [2.24, 2.45) is 5.10 Å². The van der Waals surface area contributed by atoms with E-state index in [0.29, 0.717) is 5.02 Å². The van der Waals surface area contributed by atoms with Crippen LogP contribution in [0.5, 0.6) is 5.75 Å². The number of ether oxygens (including phenoxy) is 1. The smallest absolute Gasteiger partial charge is 0.314 e. The number of hydrogen-bond acceptors (Lipinski definition) is 5. The van der Waals surface area contributed by atoms with E-state index in [4.69, 9.17) is 21.4 Å². The Bertz CT molecular complexity index is 1280. The lowest BCUT2D eigenvalue weighted by Gasteiger charge is -2.45. The number of nitrogens with zero attached hydrogens (tertiary/aromatic N) is 2. The summed E-state index contributed by atoms with van der Waals surface area (Å²) < 4.78 is 6.53. The van der Waals surface area contributed by atoms with E-state index >= 15 is 0 Å². The molecule has 1 fully saturated rings. The molecule has 1 amide bonds. The lowest BCUT2D eigenvalue weighted by molar-refractivity contribution is -0.0949. The van der Waals surface area contributed by atoms with Crippen LogP contribution in [-0.4, -0.2) is 21.8 Å². The third-order valence-corrected chi connectivity index (χ3v) is 7.01. The molecule has 3 aromatic rings. The topological polar surface area (TPSA) is 53.9 Å². The first-order valence-corrected chi connectivity index (χ1v) is 11.5. The van der Waals surface area contributed by atoms with Crippen LogP contribution in [0.25, 0.3) is 6.08 Å². The third-order valence-electron chi connectivity index (χ3n) is 5.85. The Morgan fingerprint density at radius 3 is 2.62 bits per heavy atom. The van der Waals surface area contributed by atoms with Crippen molar-refractivity contribution in [2.75, 3.05) is 0 Å². The second kappa shape index (κ2) is 7.43. The summed E-state index contributed by atoms with van der Waals surface area (Å²) in [6.45, 7) is 0. The molecule has 1 spiro atoms. The number of hydrazone groups is 1. The van der Waals surface area contributed by atoms with Gasteiger partial charge in [0.2, 0.25) is 0 Å². The number of thioether (sulfide) groups is 1. The predicted molar refractivity (Wildman–Crippen MR) is 128 cm³/mol. The number of fused-ring (bicyclic) bond motifs is 4. The second-order valence-corrected chi connectivity index (χ2v) is 9.29. The maximum atomic E-state index is 12.7. The van der Waals surface area contributed by atoms with Gasteiger partial charge >= 0.3 is 5.85 Å². The minimum Gasteiger partial charge on any atom is -0.444 e. The lowest BCUT2D eigenvalue weighted by atomic mass is 9.95. The van der Waals surface area contributed by atoms with Crippen LogP contribution in [0.1, 0.15) is 29.2 Å². The number of hydrogen-bond donors (Lipinski definition) is 1. The molecular formula is C25H18ClN3O2S. The van der Waals surface area contributed by atoms with Gasteiger partial charge in [0.15, 0.2) is 0 Å². The summed E-state index contributed by atoms with van der Waals surface area (Å²) in [5.41, 5.74) is 4.02. The van der Waals surface area contributed by atoms with E-state index in [1.54, 1.807) is 0 Å². The predicted octanol–water partition coefficient (Wildman–Crippen LogP) is 6.03. The quantitative estimate of drug-likeness (QED) is 0.508. The average Bonchev–Trinajstić information content (AvgIpc) is 3.39. The largest absolute Gasteiger partial charge is 0.444 e. The summed E-state index contributed by atoms with van der Waals surface area (Å²) in [5, 5.41) is 10.5. The molecule has 3 aromatic carbocycles. The number of rotatable bonds is 2. The number of benzene rings is 3. The summed E-state index contributed by atoms with van der Waals surface area (Å²) in [6.07, 6.45) is 2.68. The SMILES string of the molecule is O=C1NC2(Oc3ccccc3C3CC(c4ccccc4)=NN32)/C(=C\c2ccc(Cl)cc2)S1. The first-order valence-electron chi connectivity index (χ1n) is 10.3. The fourth-order valence-corrected chi connectivity index (χ4v) is 5.42. The van der Waals surface area contributed by atoms with Gasteiger partial charge in [-0.3, -0.25) is 10.1 Å². The molecule has 2 atom stereocenters. The van der Waals surface area contributed by atoms with Crippen LogP contribution in [0.4, 0.5) is 4.79 Å². The zero-order valence-corrected chi connectivity index (χ0v) is 18.4. The summed E-state index contributed by atoms with van der Waals surface area (Å²) >= 11 is 7.19. The molecule has 32 heavy (non-hydrogen) atoms. The molecule has 7 heteroatoms. The molecule has 3 aliphatic rings. The Kier molecular flexibility index (Phi) is 4.52. The lowest BCUT2D eigenvalue weighted by Crippen LogP contribution is -2.61. The van der Waals surface area contributed by atoms with Crippen molar-refractivity contribution in [1.29, 1.82) is 0 Å². The summed E-state index contributed by atoms with van der Waals surface area (Å²) in [5.74, 6) is -0.445. The first kappa shape index (κ1) is 19.5. The molecule has 0 saturated carbocycles. The van der Waals surface area contributed by atoms with Gasteiger partial charge in [-0.2, -0.15) is 5.10 Å². The maximum Gasteiger partial charge on any atom is 0.314 e. The molecule has 3 aliphatic heterocycles. The maximum absolute atomic E-state index is 12.7. The molecule has 0 aliphatic carbocycles. The minimum atomic E-state index is -1.20. The highest BCUT2D eigenvalue weighted by Gasteiger charge is 2.58. The molecule has 2 unspecified atom stereocenters. The fraction of sp³-hybridized carbons (Fsp3) is 0.120. The number of para-hydroxylation sites is 1. The fourth-order valence-electron chi connectivity index (χ4n) is 4.38. The Balaban J connectivity index is 1.51. The van der Waals surface area contributed by atoms with Crippen LogP contribution in [0.15, 0.2) is 88.9 Å². The molecule has 0 aromatic heterocycles. The number of halogens is 1. The van der Waals surface area contributed by atoms with Crippen molar-refractivity contribution < 1.29 is 9.53 Å². The highest BCUT2D eigenvalue weighted by molar-refractivity contribution is 8.17. The van der Waals surface area contributed by atoms with Crippen LogP contribution in [0.2, 0.25) is 5.02 Å². The minimum absolute atomic E-state index is 0.0530. The molecule has 0 bridgehead atoms. The van der Waals surface area contributed by atoms with Gasteiger partial charge in [-0.05, 0) is 47.2 Å². The van der Waals surface area contributed by atoms with Gasteiger partial charge in [0.1, 0.15) is 5.75 Å². The van der Waals surface area contributed by atoms with Crippen molar-refractivity contribution in [3.63, 3.8) is 0 Å². The number of carbonyl (C=O) groups is 1. The van der Waals surface area contributed by atoms with Crippen LogP contribution in [-0.2, 0) is 0 Å². The van der Waals surface area contributed by atoms with Crippen molar-refractivity contribution in [3.8, 4) is 5.75 Å². The average molecular weight is 460 g/mol. The van der Waals surface area contributed by atoms with E-state index in [1.807, 2.05) is 71.7 Å². The van der Waals surface area contributed by atoms with Crippen molar-refractivity contribution in [2.45, 2.75) is 18.3 Å². The zero-order chi connectivity index (χ0) is 21.7. The van der Waals surface area contributed by atoms with Gasteiger partial charge in [0.25, 0.3) is 5.24 Å². The summed E-state index contributed by atoms with van der Waals surface area (Å²) in [4.78, 5) is 13.4. The van der Waals surface area contributed by atoms with Crippen LogP contribution in [0, 0.1) is 0 Å². The number of nitrogens with one attached hydrogen (secondary N) is 1. The molecule has 158 valence electrons. The van der Waals surface area contributed by atoms with Gasteiger partial charge in [-0.15, -0.1) is 0 Å². The third kappa shape index (κ3) is 3.10. The Morgan fingerprint density at radius 2 is 1.81 bits per heavy atom. The van der Waals surface area contributed by atoms with Gasteiger partial charge in [-0.25, -0.2) is 5.01 Å². The van der Waals surface area contributed by atoms with Crippen molar-refractivity contribution in [3.05, 3.63) is 105 Å². The summed E-state index contributed by atoms with van der Waals surface area (Å²) in [7, 11) is 0. The van der Waals surface area contributed by atoms with Gasteiger partial charge in [-0.1, -0.05) is 72.3 Å². The van der Waals surface area contributed by atoms with Gasteiger partial charge in [0.05, 0.1) is 16.7 Å². The molecule has 3 heterocycles. The Hall–Kier alpha value is -3.22. The highest BCUT2D eigenvalue weighted by Crippen LogP contribution is 2.52. The molecule has 1 saturated heterocycles. The Morgan fingerprint density at radius 1 is 1.06 bits per heavy atom. The second-order valence-electron chi connectivity index (χ2n) is 7.84. The van der Waals surface area contributed by atoms with Gasteiger partial charge in [0, 0.05) is 17.0 Å². The van der Waals surface area contributed by atoms with Crippen molar-refractivity contribution >= 4 is 40.4 Å². The summed E-state index contributed by atoms with van der Waals surface area (Å²) in [6, 6.07) is 25.5. The van der Waals surface area contributed by atoms with E-state index in [9.17, 15) is 4.79 Å². The monoisotopic (exact) mass is 459 g/mol. The molecule has 0 radical (unpaired) electrons. The highest BCUT2D eigenvalue weighted by atomic mass is 35.5. The van der Waals surface area contributed by atoms with E-state index in [-0.39, 0.29) is 11.3 Å². The number of carbonyl (C=O) groups excluding carboxylic acids is 1. The first-order chi connectivity index (χ1) is 15.6.